The van der Waals surface area contributed by atoms with Crippen molar-refractivity contribution in [1.82, 2.24) is 15.8 Å². The molecule has 1 aromatic carbocycles. The minimum Gasteiger partial charge on any atom is -0.494 e. The second-order valence-corrected chi connectivity index (χ2v) is 8.46. The molecule has 0 aliphatic carbocycles. The van der Waals surface area contributed by atoms with E-state index in [2.05, 4.69) is 10.9 Å². The summed E-state index contributed by atoms with van der Waals surface area (Å²) in [6, 6.07) is 6.98. The molecule has 2 N–H and O–H groups in total. The lowest BCUT2D eigenvalue weighted by Gasteiger charge is -2.35. The molecule has 1 unspecified atom stereocenters. The SMILES string of the molecule is CCOc1ccc(OC(C)C(=O)NNC(=O)C2CCN(C(=O)C(C)(C)C)CC2)cc1. The van der Waals surface area contributed by atoms with Crippen LogP contribution in [-0.4, -0.2) is 48.4 Å². The second-order valence-electron chi connectivity index (χ2n) is 8.46. The lowest BCUT2D eigenvalue weighted by Crippen LogP contribution is -2.51. The molecular weight excluding hydrogens is 386 g/mol. The van der Waals surface area contributed by atoms with Crippen molar-refractivity contribution >= 4 is 17.7 Å². The van der Waals surface area contributed by atoms with Crippen LogP contribution in [-0.2, 0) is 14.4 Å². The van der Waals surface area contributed by atoms with Gasteiger partial charge in [-0.05, 0) is 51.0 Å². The Balaban J connectivity index is 1.75. The van der Waals surface area contributed by atoms with Crippen LogP contribution in [0.4, 0.5) is 0 Å². The molecule has 0 radical (unpaired) electrons. The van der Waals surface area contributed by atoms with Crippen LogP contribution in [0.5, 0.6) is 11.5 Å². The average Bonchev–Trinajstić information content (AvgIpc) is 2.72. The lowest BCUT2D eigenvalue weighted by molar-refractivity contribution is -0.143. The summed E-state index contributed by atoms with van der Waals surface area (Å²) in [4.78, 5) is 38.7. The molecule has 1 heterocycles. The van der Waals surface area contributed by atoms with Crippen molar-refractivity contribution in [2.75, 3.05) is 19.7 Å². The summed E-state index contributed by atoms with van der Waals surface area (Å²) in [7, 11) is 0. The van der Waals surface area contributed by atoms with E-state index in [-0.39, 0.29) is 17.7 Å². The van der Waals surface area contributed by atoms with Crippen molar-refractivity contribution in [2.45, 2.75) is 53.6 Å². The summed E-state index contributed by atoms with van der Waals surface area (Å²) in [5.41, 5.74) is 4.47. The van der Waals surface area contributed by atoms with E-state index in [0.717, 1.165) is 5.75 Å². The zero-order valence-corrected chi connectivity index (χ0v) is 18.5. The molecule has 166 valence electrons. The highest BCUT2D eigenvalue weighted by atomic mass is 16.5. The van der Waals surface area contributed by atoms with Crippen molar-refractivity contribution in [2.24, 2.45) is 11.3 Å². The zero-order chi connectivity index (χ0) is 22.3. The molecule has 1 aliphatic rings. The van der Waals surface area contributed by atoms with Crippen molar-refractivity contribution in [3.05, 3.63) is 24.3 Å². The van der Waals surface area contributed by atoms with Gasteiger partial charge >= 0.3 is 0 Å². The Bertz CT molecular complexity index is 734. The number of nitrogens with one attached hydrogen (secondary N) is 2. The molecular formula is C22H33N3O5. The van der Waals surface area contributed by atoms with E-state index in [4.69, 9.17) is 9.47 Å². The van der Waals surface area contributed by atoms with Crippen LogP contribution >= 0.6 is 0 Å². The monoisotopic (exact) mass is 419 g/mol. The van der Waals surface area contributed by atoms with Gasteiger partial charge in [0.25, 0.3) is 5.91 Å². The van der Waals surface area contributed by atoms with Gasteiger partial charge in [-0.1, -0.05) is 20.8 Å². The third-order valence-electron chi connectivity index (χ3n) is 4.92. The fourth-order valence-electron chi connectivity index (χ4n) is 3.18. The topological polar surface area (TPSA) is 97.0 Å². The summed E-state index contributed by atoms with van der Waals surface area (Å²) >= 11 is 0. The quantitative estimate of drug-likeness (QED) is 0.690. The number of hydrogen-bond donors (Lipinski definition) is 2. The first-order chi connectivity index (χ1) is 14.1. The predicted octanol–water partition coefficient (Wildman–Crippen LogP) is 2.28. The van der Waals surface area contributed by atoms with Crippen LogP contribution in [0.2, 0.25) is 0 Å². The third-order valence-corrected chi connectivity index (χ3v) is 4.92. The fourth-order valence-corrected chi connectivity index (χ4v) is 3.18. The van der Waals surface area contributed by atoms with E-state index in [1.54, 1.807) is 36.1 Å². The molecule has 8 heteroatoms. The fraction of sp³-hybridized carbons (Fsp3) is 0.591. The maximum Gasteiger partial charge on any atom is 0.279 e. The summed E-state index contributed by atoms with van der Waals surface area (Å²) < 4.78 is 11.0. The van der Waals surface area contributed by atoms with Crippen LogP contribution in [0, 0.1) is 11.3 Å². The second kappa shape index (κ2) is 10.3. The normalized spacial score (nSPS) is 15.8. The molecule has 3 amide bonds. The number of rotatable bonds is 6. The van der Waals surface area contributed by atoms with Crippen LogP contribution < -0.4 is 20.3 Å². The molecule has 2 rings (SSSR count). The van der Waals surface area contributed by atoms with Crippen LogP contribution in [0.25, 0.3) is 0 Å². The van der Waals surface area contributed by atoms with Gasteiger partial charge in [-0.3, -0.25) is 25.2 Å². The highest BCUT2D eigenvalue weighted by Crippen LogP contribution is 2.23. The first-order valence-corrected chi connectivity index (χ1v) is 10.4. The third kappa shape index (κ3) is 6.64. The number of hydrogen-bond acceptors (Lipinski definition) is 5. The van der Waals surface area contributed by atoms with E-state index in [1.807, 2.05) is 27.7 Å². The molecule has 0 saturated carbocycles. The molecule has 1 aromatic rings. The van der Waals surface area contributed by atoms with Gasteiger partial charge in [-0.2, -0.15) is 0 Å². The Morgan fingerprint density at radius 2 is 1.63 bits per heavy atom. The van der Waals surface area contributed by atoms with Crippen molar-refractivity contribution in [3.8, 4) is 11.5 Å². The zero-order valence-electron chi connectivity index (χ0n) is 18.5. The number of piperidine rings is 1. The molecule has 8 nitrogen and oxygen atoms in total. The van der Waals surface area contributed by atoms with Gasteiger partial charge < -0.3 is 14.4 Å². The molecule has 1 fully saturated rings. The Hall–Kier alpha value is -2.77. The van der Waals surface area contributed by atoms with Crippen molar-refractivity contribution in [3.63, 3.8) is 0 Å². The molecule has 0 spiro atoms. The van der Waals surface area contributed by atoms with Crippen LogP contribution in [0.1, 0.15) is 47.5 Å². The summed E-state index contributed by atoms with van der Waals surface area (Å²) in [5.74, 6) is 0.413. The maximum atomic E-state index is 12.4. The number of carbonyl (C=O) groups is 3. The number of nitrogens with zero attached hydrogens (tertiary/aromatic N) is 1. The van der Waals surface area contributed by atoms with E-state index in [9.17, 15) is 14.4 Å². The number of ether oxygens (including phenoxy) is 2. The Morgan fingerprint density at radius 3 is 2.17 bits per heavy atom. The molecule has 1 aliphatic heterocycles. The summed E-state index contributed by atoms with van der Waals surface area (Å²) in [6.07, 6.45) is 0.360. The molecule has 0 aromatic heterocycles. The number of amides is 3. The van der Waals surface area contributed by atoms with Crippen molar-refractivity contribution in [1.29, 1.82) is 0 Å². The summed E-state index contributed by atoms with van der Waals surface area (Å²) in [6.45, 7) is 10.8. The maximum absolute atomic E-state index is 12.4. The van der Waals surface area contributed by atoms with E-state index in [1.165, 1.54) is 0 Å². The largest absolute Gasteiger partial charge is 0.494 e. The smallest absolute Gasteiger partial charge is 0.279 e. The molecule has 0 bridgehead atoms. The molecule has 1 saturated heterocycles. The average molecular weight is 420 g/mol. The minimum absolute atomic E-state index is 0.0925. The van der Waals surface area contributed by atoms with Gasteiger partial charge in [0.1, 0.15) is 11.5 Å². The van der Waals surface area contributed by atoms with Gasteiger partial charge in [0.05, 0.1) is 6.61 Å². The highest BCUT2D eigenvalue weighted by Gasteiger charge is 2.32. The van der Waals surface area contributed by atoms with Gasteiger partial charge in [-0.25, -0.2) is 0 Å². The molecule has 30 heavy (non-hydrogen) atoms. The van der Waals surface area contributed by atoms with E-state index >= 15 is 0 Å². The van der Waals surface area contributed by atoms with Crippen LogP contribution in [0.15, 0.2) is 24.3 Å². The van der Waals surface area contributed by atoms with Gasteiger partial charge in [0.2, 0.25) is 11.8 Å². The Labute approximate surface area is 178 Å². The number of hydrazine groups is 1. The van der Waals surface area contributed by atoms with Gasteiger partial charge in [0, 0.05) is 24.4 Å². The van der Waals surface area contributed by atoms with E-state index < -0.39 is 17.4 Å². The lowest BCUT2D eigenvalue weighted by atomic mass is 9.91. The van der Waals surface area contributed by atoms with Crippen molar-refractivity contribution < 1.29 is 23.9 Å². The Kier molecular flexibility index (Phi) is 8.08. The van der Waals surface area contributed by atoms with Crippen LogP contribution in [0.3, 0.4) is 0 Å². The Morgan fingerprint density at radius 1 is 1.07 bits per heavy atom. The first kappa shape index (κ1) is 23.5. The predicted molar refractivity (Wildman–Crippen MR) is 113 cm³/mol. The minimum atomic E-state index is -0.783. The molecule has 1 atom stereocenters. The van der Waals surface area contributed by atoms with Gasteiger partial charge in [-0.15, -0.1) is 0 Å². The standard InChI is InChI=1S/C22H33N3O5/c1-6-29-17-7-9-18(10-8-17)30-15(2)19(26)23-24-20(27)16-11-13-25(14-12-16)21(28)22(3,4)5/h7-10,15-16H,6,11-14H2,1-5H3,(H,23,26)(H,24,27). The number of benzene rings is 1. The number of likely N-dealkylation sites (tertiary alicyclic amines) is 1. The summed E-state index contributed by atoms with van der Waals surface area (Å²) in [5, 5.41) is 0. The number of carbonyl (C=O) groups excluding carboxylic acids is 3. The highest BCUT2D eigenvalue weighted by molar-refractivity contribution is 5.86. The van der Waals surface area contributed by atoms with Gasteiger partial charge in [0.15, 0.2) is 6.10 Å². The van der Waals surface area contributed by atoms with E-state index in [0.29, 0.717) is 38.3 Å². The first-order valence-electron chi connectivity index (χ1n) is 10.4.